The number of hydrogen-bond acceptors (Lipinski definition) is 7. The summed E-state index contributed by atoms with van der Waals surface area (Å²) in [4.78, 5) is 30.6. The van der Waals surface area contributed by atoms with Gasteiger partial charge in [-0.25, -0.2) is 5.01 Å². The molecule has 0 radical (unpaired) electrons. The maximum atomic E-state index is 13.6. The van der Waals surface area contributed by atoms with Crippen LogP contribution in [0.25, 0.3) is 0 Å². The molecule has 5 rings (SSSR count). The van der Waals surface area contributed by atoms with Crippen LogP contribution in [-0.2, 0) is 14.3 Å². The SMILES string of the molecule is COc1ccc(C2=NN(C(=O)CN(CCN3CCOCC3)C(=O)C3CC3)[C@@H](c3ccco3)C2)cc1. The molecular weight excluding hydrogens is 448 g/mol. The summed E-state index contributed by atoms with van der Waals surface area (Å²) in [6.45, 7) is 4.37. The zero-order valence-corrected chi connectivity index (χ0v) is 20.1. The van der Waals surface area contributed by atoms with E-state index in [1.54, 1.807) is 18.3 Å². The van der Waals surface area contributed by atoms with Gasteiger partial charge in [-0.1, -0.05) is 0 Å². The minimum absolute atomic E-state index is 0.0102. The summed E-state index contributed by atoms with van der Waals surface area (Å²) in [5.74, 6) is 1.35. The van der Waals surface area contributed by atoms with E-state index in [2.05, 4.69) is 4.90 Å². The van der Waals surface area contributed by atoms with Crippen molar-refractivity contribution in [1.82, 2.24) is 14.8 Å². The molecule has 9 heteroatoms. The van der Waals surface area contributed by atoms with E-state index in [1.165, 1.54) is 5.01 Å². The molecule has 3 heterocycles. The van der Waals surface area contributed by atoms with Gasteiger partial charge in [-0.2, -0.15) is 5.10 Å². The Labute approximate surface area is 205 Å². The summed E-state index contributed by atoms with van der Waals surface area (Å²) >= 11 is 0. The number of carbonyl (C=O) groups excluding carboxylic acids is 2. The van der Waals surface area contributed by atoms with Crippen molar-refractivity contribution in [3.05, 3.63) is 54.0 Å². The Kier molecular flexibility index (Phi) is 7.15. The first-order chi connectivity index (χ1) is 17.1. The molecule has 3 aliphatic rings. The van der Waals surface area contributed by atoms with Crippen LogP contribution in [0.2, 0.25) is 0 Å². The van der Waals surface area contributed by atoms with Crippen LogP contribution < -0.4 is 4.74 Å². The molecule has 1 aromatic heterocycles. The van der Waals surface area contributed by atoms with Crippen LogP contribution in [0.1, 0.15) is 36.6 Å². The van der Waals surface area contributed by atoms with Gasteiger partial charge in [-0.3, -0.25) is 14.5 Å². The molecule has 1 aromatic carbocycles. The van der Waals surface area contributed by atoms with E-state index >= 15 is 0 Å². The second-order valence-electron chi connectivity index (χ2n) is 9.24. The highest BCUT2D eigenvalue weighted by Crippen LogP contribution is 2.34. The number of carbonyl (C=O) groups is 2. The van der Waals surface area contributed by atoms with E-state index in [0.29, 0.717) is 31.9 Å². The van der Waals surface area contributed by atoms with Crippen molar-refractivity contribution in [3.63, 3.8) is 0 Å². The fourth-order valence-electron chi connectivity index (χ4n) is 4.58. The Morgan fingerprint density at radius 2 is 1.91 bits per heavy atom. The summed E-state index contributed by atoms with van der Waals surface area (Å²) in [6.07, 6.45) is 3.95. The van der Waals surface area contributed by atoms with Crippen LogP contribution in [0.3, 0.4) is 0 Å². The molecule has 0 bridgehead atoms. The summed E-state index contributed by atoms with van der Waals surface area (Å²) in [7, 11) is 1.63. The van der Waals surface area contributed by atoms with Crippen LogP contribution in [0, 0.1) is 5.92 Å². The lowest BCUT2D eigenvalue weighted by Gasteiger charge is -2.31. The van der Waals surface area contributed by atoms with Gasteiger partial charge in [-0.05, 0) is 54.8 Å². The standard InChI is InChI=1S/C26H32N4O5/c1-33-21-8-6-19(7-9-21)22-17-23(24-3-2-14-35-24)30(27-22)25(31)18-29(26(32)20-4-5-20)11-10-28-12-15-34-16-13-28/h2-3,6-9,14,20,23H,4-5,10-13,15-18H2,1H3/t23-/m1/s1. The third-order valence-corrected chi connectivity index (χ3v) is 6.81. The highest BCUT2D eigenvalue weighted by molar-refractivity contribution is 6.03. The number of furan rings is 1. The fourth-order valence-corrected chi connectivity index (χ4v) is 4.58. The maximum Gasteiger partial charge on any atom is 0.262 e. The molecule has 35 heavy (non-hydrogen) atoms. The molecule has 1 saturated heterocycles. The molecule has 186 valence electrons. The molecule has 2 aliphatic heterocycles. The van der Waals surface area contributed by atoms with E-state index in [-0.39, 0.29) is 30.3 Å². The van der Waals surface area contributed by atoms with Crippen molar-refractivity contribution in [2.45, 2.75) is 25.3 Å². The lowest BCUT2D eigenvalue weighted by molar-refractivity contribution is -0.142. The van der Waals surface area contributed by atoms with E-state index in [4.69, 9.17) is 19.0 Å². The summed E-state index contributed by atoms with van der Waals surface area (Å²) in [6, 6.07) is 11.0. The van der Waals surface area contributed by atoms with Gasteiger partial charge in [0.1, 0.15) is 24.1 Å². The van der Waals surface area contributed by atoms with Crippen molar-refractivity contribution in [2.24, 2.45) is 11.0 Å². The molecule has 1 atom stereocenters. The lowest BCUT2D eigenvalue weighted by Crippen LogP contribution is -2.47. The topological polar surface area (TPSA) is 87.8 Å². The van der Waals surface area contributed by atoms with Crippen molar-refractivity contribution in [3.8, 4) is 5.75 Å². The van der Waals surface area contributed by atoms with Crippen LogP contribution in [0.4, 0.5) is 0 Å². The zero-order valence-electron chi connectivity index (χ0n) is 20.1. The van der Waals surface area contributed by atoms with Crippen molar-refractivity contribution < 1.29 is 23.5 Å². The number of nitrogens with zero attached hydrogens (tertiary/aromatic N) is 4. The Hall–Kier alpha value is -3.17. The molecule has 0 unspecified atom stereocenters. The molecule has 2 amide bonds. The molecule has 9 nitrogen and oxygen atoms in total. The minimum Gasteiger partial charge on any atom is -0.497 e. The quantitative estimate of drug-likeness (QED) is 0.548. The predicted molar refractivity (Wildman–Crippen MR) is 129 cm³/mol. The van der Waals surface area contributed by atoms with E-state index in [9.17, 15) is 9.59 Å². The van der Waals surface area contributed by atoms with Gasteiger partial charge in [0.25, 0.3) is 5.91 Å². The average Bonchev–Trinajstić information content (AvgIpc) is 3.41. The Morgan fingerprint density at radius 3 is 2.57 bits per heavy atom. The largest absolute Gasteiger partial charge is 0.497 e. The average molecular weight is 481 g/mol. The number of ether oxygens (including phenoxy) is 2. The van der Waals surface area contributed by atoms with Gasteiger partial charge in [-0.15, -0.1) is 0 Å². The second kappa shape index (κ2) is 10.6. The third kappa shape index (κ3) is 5.57. The molecule has 2 fully saturated rings. The zero-order chi connectivity index (χ0) is 24.2. The van der Waals surface area contributed by atoms with Crippen LogP contribution >= 0.6 is 0 Å². The number of amides is 2. The monoisotopic (exact) mass is 480 g/mol. The first-order valence-electron chi connectivity index (χ1n) is 12.3. The van der Waals surface area contributed by atoms with Gasteiger partial charge in [0.2, 0.25) is 5.91 Å². The van der Waals surface area contributed by atoms with Gasteiger partial charge in [0.15, 0.2) is 0 Å². The van der Waals surface area contributed by atoms with Crippen molar-refractivity contribution in [1.29, 1.82) is 0 Å². The summed E-state index contributed by atoms with van der Waals surface area (Å²) < 4.78 is 16.3. The number of hydrazone groups is 1. The number of morpholine rings is 1. The van der Waals surface area contributed by atoms with E-state index < -0.39 is 0 Å². The predicted octanol–water partition coefficient (Wildman–Crippen LogP) is 2.54. The molecule has 0 spiro atoms. The van der Waals surface area contributed by atoms with Gasteiger partial charge >= 0.3 is 0 Å². The normalized spacial score (nSPS) is 20.5. The van der Waals surface area contributed by atoms with E-state index in [0.717, 1.165) is 49.5 Å². The minimum atomic E-state index is -0.341. The molecule has 2 aromatic rings. The Bertz CT molecular complexity index is 1040. The summed E-state index contributed by atoms with van der Waals surface area (Å²) in [5.41, 5.74) is 1.73. The van der Waals surface area contributed by atoms with Gasteiger partial charge in [0, 0.05) is 38.5 Å². The van der Waals surface area contributed by atoms with Gasteiger partial charge in [0.05, 0.1) is 32.3 Å². The lowest BCUT2D eigenvalue weighted by atomic mass is 10.0. The highest BCUT2D eigenvalue weighted by Gasteiger charge is 2.38. The molecule has 1 aliphatic carbocycles. The number of rotatable bonds is 9. The maximum absolute atomic E-state index is 13.6. The fraction of sp³-hybridized carbons (Fsp3) is 0.500. The van der Waals surface area contributed by atoms with Crippen LogP contribution in [-0.4, -0.2) is 85.4 Å². The molecule has 1 saturated carbocycles. The first kappa shape index (κ1) is 23.6. The number of methoxy groups -OCH3 is 1. The number of benzene rings is 1. The Balaban J connectivity index is 1.33. The Morgan fingerprint density at radius 1 is 1.14 bits per heavy atom. The van der Waals surface area contributed by atoms with E-state index in [1.807, 2.05) is 36.4 Å². The van der Waals surface area contributed by atoms with Crippen LogP contribution in [0.15, 0.2) is 52.2 Å². The molecule has 0 N–H and O–H groups in total. The molecular formula is C26H32N4O5. The summed E-state index contributed by atoms with van der Waals surface area (Å²) in [5, 5.41) is 6.21. The van der Waals surface area contributed by atoms with Crippen LogP contribution in [0.5, 0.6) is 5.75 Å². The van der Waals surface area contributed by atoms with Crippen molar-refractivity contribution >= 4 is 17.5 Å². The van der Waals surface area contributed by atoms with Gasteiger partial charge < -0.3 is 18.8 Å². The smallest absolute Gasteiger partial charge is 0.262 e. The number of hydrogen-bond donors (Lipinski definition) is 0. The highest BCUT2D eigenvalue weighted by atomic mass is 16.5. The van der Waals surface area contributed by atoms with Crippen molar-refractivity contribution in [2.75, 3.05) is 53.0 Å². The second-order valence-corrected chi connectivity index (χ2v) is 9.24. The third-order valence-electron chi connectivity index (χ3n) is 6.81. The first-order valence-corrected chi connectivity index (χ1v) is 12.3.